The SMILES string of the molecule is Cl.OCCNCCC1CCCC1. The maximum Gasteiger partial charge on any atom is 0.0555 e. The quantitative estimate of drug-likeness (QED) is 0.650. The molecule has 1 fully saturated rings. The normalized spacial score (nSPS) is 17.8. The zero-order chi connectivity index (χ0) is 7.94. The fourth-order valence-corrected chi connectivity index (χ4v) is 1.81. The summed E-state index contributed by atoms with van der Waals surface area (Å²) in [5.41, 5.74) is 0. The van der Waals surface area contributed by atoms with Crippen LogP contribution in [0.5, 0.6) is 0 Å². The summed E-state index contributed by atoms with van der Waals surface area (Å²) < 4.78 is 0. The van der Waals surface area contributed by atoms with Gasteiger partial charge in [-0.2, -0.15) is 0 Å². The van der Waals surface area contributed by atoms with Gasteiger partial charge in [-0.25, -0.2) is 0 Å². The third-order valence-electron chi connectivity index (χ3n) is 2.49. The summed E-state index contributed by atoms with van der Waals surface area (Å²) in [7, 11) is 0. The lowest BCUT2D eigenvalue weighted by Crippen LogP contribution is -2.20. The van der Waals surface area contributed by atoms with Gasteiger partial charge in [-0.05, 0) is 18.9 Å². The standard InChI is InChI=1S/C9H19NO.ClH/c11-8-7-10-6-5-9-3-1-2-4-9;/h9-11H,1-8H2;1H. The van der Waals surface area contributed by atoms with Gasteiger partial charge in [0.25, 0.3) is 0 Å². The molecule has 0 atom stereocenters. The molecule has 0 radical (unpaired) electrons. The maximum absolute atomic E-state index is 8.50. The van der Waals surface area contributed by atoms with Gasteiger partial charge in [0, 0.05) is 6.54 Å². The minimum absolute atomic E-state index is 0. The zero-order valence-electron chi connectivity index (χ0n) is 7.59. The average molecular weight is 194 g/mol. The van der Waals surface area contributed by atoms with E-state index >= 15 is 0 Å². The molecule has 0 amide bonds. The Kier molecular flexibility index (Phi) is 7.98. The van der Waals surface area contributed by atoms with E-state index in [1.54, 1.807) is 0 Å². The van der Waals surface area contributed by atoms with Crippen molar-refractivity contribution in [1.29, 1.82) is 0 Å². The second-order valence-corrected chi connectivity index (χ2v) is 3.41. The Bertz CT molecular complexity index is 94.5. The average Bonchev–Trinajstić information content (AvgIpc) is 2.50. The van der Waals surface area contributed by atoms with Crippen molar-refractivity contribution in [2.24, 2.45) is 5.92 Å². The molecule has 2 N–H and O–H groups in total. The Balaban J connectivity index is 0.00000121. The molecule has 1 aliphatic carbocycles. The van der Waals surface area contributed by atoms with E-state index in [1.807, 2.05) is 0 Å². The molecule has 0 aliphatic heterocycles. The molecule has 0 aromatic rings. The van der Waals surface area contributed by atoms with Crippen LogP contribution in [0.2, 0.25) is 0 Å². The van der Waals surface area contributed by atoms with Crippen LogP contribution in [0.4, 0.5) is 0 Å². The van der Waals surface area contributed by atoms with Crippen LogP contribution in [-0.4, -0.2) is 24.8 Å². The van der Waals surface area contributed by atoms with Crippen LogP contribution >= 0.6 is 12.4 Å². The second kappa shape index (κ2) is 7.84. The third kappa shape index (κ3) is 4.96. The number of rotatable bonds is 5. The predicted octanol–water partition coefficient (Wildman–Crippen LogP) is 1.57. The number of nitrogens with one attached hydrogen (secondary N) is 1. The molecule has 2 nitrogen and oxygen atoms in total. The van der Waals surface area contributed by atoms with Gasteiger partial charge in [0.05, 0.1) is 6.61 Å². The molecule has 1 saturated carbocycles. The van der Waals surface area contributed by atoms with Crippen molar-refractivity contribution in [2.45, 2.75) is 32.1 Å². The largest absolute Gasteiger partial charge is 0.395 e. The van der Waals surface area contributed by atoms with Gasteiger partial charge >= 0.3 is 0 Å². The first-order chi connectivity index (χ1) is 5.43. The minimum atomic E-state index is 0. The van der Waals surface area contributed by atoms with Crippen LogP contribution in [0, 0.1) is 5.92 Å². The molecule has 3 heteroatoms. The molecule has 0 aromatic carbocycles. The van der Waals surface area contributed by atoms with Gasteiger partial charge < -0.3 is 10.4 Å². The van der Waals surface area contributed by atoms with E-state index in [0.29, 0.717) is 0 Å². The molecule has 0 aromatic heterocycles. The highest BCUT2D eigenvalue weighted by Gasteiger charge is 2.13. The number of aliphatic hydroxyl groups excluding tert-OH is 1. The summed E-state index contributed by atoms with van der Waals surface area (Å²) in [6.07, 6.45) is 7.04. The van der Waals surface area contributed by atoms with Crippen molar-refractivity contribution in [3.63, 3.8) is 0 Å². The van der Waals surface area contributed by atoms with Gasteiger partial charge in [-0.1, -0.05) is 25.7 Å². The first kappa shape index (κ1) is 12.2. The second-order valence-electron chi connectivity index (χ2n) is 3.41. The predicted molar refractivity (Wildman–Crippen MR) is 53.8 cm³/mol. The molecule has 0 heterocycles. The molecule has 12 heavy (non-hydrogen) atoms. The van der Waals surface area contributed by atoms with Crippen molar-refractivity contribution in [2.75, 3.05) is 19.7 Å². The maximum atomic E-state index is 8.50. The first-order valence-corrected chi connectivity index (χ1v) is 4.75. The van der Waals surface area contributed by atoms with Crippen molar-refractivity contribution >= 4 is 12.4 Å². The van der Waals surface area contributed by atoms with E-state index in [2.05, 4.69) is 5.32 Å². The number of halogens is 1. The molecule has 0 spiro atoms. The lowest BCUT2D eigenvalue weighted by Gasteiger charge is -2.08. The summed E-state index contributed by atoms with van der Waals surface area (Å²) in [5, 5.41) is 11.7. The van der Waals surface area contributed by atoms with Crippen molar-refractivity contribution in [3.8, 4) is 0 Å². The van der Waals surface area contributed by atoms with Crippen LogP contribution in [0.15, 0.2) is 0 Å². The van der Waals surface area contributed by atoms with Gasteiger partial charge in [-0.3, -0.25) is 0 Å². The van der Waals surface area contributed by atoms with Crippen molar-refractivity contribution in [3.05, 3.63) is 0 Å². The Morgan fingerprint density at radius 1 is 1.17 bits per heavy atom. The molecule has 74 valence electrons. The topological polar surface area (TPSA) is 32.3 Å². The lowest BCUT2D eigenvalue weighted by molar-refractivity contribution is 0.290. The molecule has 1 aliphatic rings. The van der Waals surface area contributed by atoms with E-state index in [0.717, 1.165) is 19.0 Å². The number of aliphatic hydroxyl groups is 1. The smallest absolute Gasteiger partial charge is 0.0555 e. The molecule has 1 rings (SSSR count). The fourth-order valence-electron chi connectivity index (χ4n) is 1.81. The third-order valence-corrected chi connectivity index (χ3v) is 2.49. The van der Waals surface area contributed by atoms with Gasteiger partial charge in [-0.15, -0.1) is 12.4 Å². The van der Waals surface area contributed by atoms with E-state index < -0.39 is 0 Å². The summed E-state index contributed by atoms with van der Waals surface area (Å²) in [6, 6.07) is 0. The van der Waals surface area contributed by atoms with Crippen LogP contribution < -0.4 is 5.32 Å². The van der Waals surface area contributed by atoms with Crippen LogP contribution in [0.1, 0.15) is 32.1 Å². The van der Waals surface area contributed by atoms with E-state index in [-0.39, 0.29) is 19.0 Å². The summed E-state index contributed by atoms with van der Waals surface area (Å²) in [5.74, 6) is 0.973. The number of hydrogen-bond acceptors (Lipinski definition) is 2. The highest BCUT2D eigenvalue weighted by atomic mass is 35.5. The highest BCUT2D eigenvalue weighted by Crippen LogP contribution is 2.26. The summed E-state index contributed by atoms with van der Waals surface area (Å²) in [6.45, 7) is 2.11. The molecule has 0 unspecified atom stereocenters. The van der Waals surface area contributed by atoms with Crippen LogP contribution in [0.25, 0.3) is 0 Å². The molecular formula is C9H20ClNO. The summed E-state index contributed by atoms with van der Waals surface area (Å²) in [4.78, 5) is 0. The Morgan fingerprint density at radius 3 is 2.42 bits per heavy atom. The van der Waals surface area contributed by atoms with Gasteiger partial charge in [0.2, 0.25) is 0 Å². The molecule has 0 bridgehead atoms. The van der Waals surface area contributed by atoms with E-state index in [9.17, 15) is 0 Å². The van der Waals surface area contributed by atoms with E-state index in [4.69, 9.17) is 5.11 Å². The number of hydrogen-bond donors (Lipinski definition) is 2. The Morgan fingerprint density at radius 2 is 1.83 bits per heavy atom. The van der Waals surface area contributed by atoms with Crippen LogP contribution in [0.3, 0.4) is 0 Å². The van der Waals surface area contributed by atoms with Gasteiger partial charge in [0.15, 0.2) is 0 Å². The Labute approximate surface area is 81.2 Å². The molecular weight excluding hydrogens is 174 g/mol. The first-order valence-electron chi connectivity index (χ1n) is 4.75. The molecule has 0 saturated heterocycles. The minimum Gasteiger partial charge on any atom is -0.395 e. The summed E-state index contributed by atoms with van der Waals surface area (Å²) >= 11 is 0. The highest BCUT2D eigenvalue weighted by molar-refractivity contribution is 5.85. The lowest BCUT2D eigenvalue weighted by atomic mass is 10.0. The zero-order valence-corrected chi connectivity index (χ0v) is 8.41. The van der Waals surface area contributed by atoms with Crippen LogP contribution in [-0.2, 0) is 0 Å². The van der Waals surface area contributed by atoms with Crippen molar-refractivity contribution in [1.82, 2.24) is 5.32 Å². The fraction of sp³-hybridized carbons (Fsp3) is 1.00. The van der Waals surface area contributed by atoms with E-state index in [1.165, 1.54) is 32.1 Å². The van der Waals surface area contributed by atoms with Crippen molar-refractivity contribution < 1.29 is 5.11 Å². The Hall–Kier alpha value is 0.210. The van der Waals surface area contributed by atoms with Gasteiger partial charge in [0.1, 0.15) is 0 Å². The monoisotopic (exact) mass is 193 g/mol.